The summed E-state index contributed by atoms with van der Waals surface area (Å²) in [6.45, 7) is 3.18. The number of hydrogen-bond donors (Lipinski definition) is 2. The number of nitrogens with zero attached hydrogens (tertiary/aromatic N) is 5. The molecule has 0 fully saturated rings. The number of ether oxygens (including phenoxy) is 1. The Kier molecular flexibility index (Phi) is 7.21. The van der Waals surface area contributed by atoms with Crippen molar-refractivity contribution in [3.63, 3.8) is 0 Å². The number of amides is 1. The zero-order chi connectivity index (χ0) is 18.4. The second kappa shape index (κ2) is 9.60. The van der Waals surface area contributed by atoms with Gasteiger partial charge in [-0.1, -0.05) is 6.07 Å². The van der Waals surface area contributed by atoms with E-state index in [4.69, 9.17) is 10.5 Å². The van der Waals surface area contributed by atoms with E-state index in [1.54, 1.807) is 30.3 Å². The highest BCUT2D eigenvalue weighted by Gasteiger charge is 2.08. The molecule has 0 radical (unpaired) electrons. The van der Waals surface area contributed by atoms with E-state index < -0.39 is 0 Å². The lowest BCUT2D eigenvalue weighted by Gasteiger charge is -2.09. The van der Waals surface area contributed by atoms with E-state index >= 15 is 0 Å². The first-order chi connectivity index (χ1) is 12.6. The topological polar surface area (TPSA) is 121 Å². The van der Waals surface area contributed by atoms with Gasteiger partial charge in [0.1, 0.15) is 12.1 Å². The number of halogens is 1. The summed E-state index contributed by atoms with van der Waals surface area (Å²) in [5.41, 5.74) is 7.92. The van der Waals surface area contributed by atoms with Crippen LogP contribution in [0.1, 0.15) is 21.6 Å². The number of pyridine rings is 1. The van der Waals surface area contributed by atoms with Gasteiger partial charge in [0.2, 0.25) is 5.88 Å². The van der Waals surface area contributed by atoms with Gasteiger partial charge in [-0.25, -0.2) is 9.67 Å². The summed E-state index contributed by atoms with van der Waals surface area (Å²) < 4.78 is 7.32. The van der Waals surface area contributed by atoms with E-state index in [0.29, 0.717) is 36.8 Å². The molecular formula is C17H20ClN7O2. The van der Waals surface area contributed by atoms with Crippen LogP contribution in [0.5, 0.6) is 11.6 Å². The standard InChI is InChI=1S/C17H19N7O2.ClH/c1-12-7-13(10-18)8-16(21-12)26-15-4-2-3-14(9-15)17(25)19-5-6-24-11-20-22-23-24;/h2-4,7-9,11H,5-6,10,18H2,1H3,(H,19,25);1H. The SMILES string of the molecule is Cc1cc(CN)cc(Oc2cccc(C(=O)NCCn3cnnn3)c2)n1.Cl. The Morgan fingerprint density at radius 2 is 2.15 bits per heavy atom. The van der Waals surface area contributed by atoms with Crippen LogP contribution in [0.4, 0.5) is 0 Å². The van der Waals surface area contributed by atoms with Crippen molar-refractivity contribution in [2.75, 3.05) is 6.54 Å². The molecule has 142 valence electrons. The van der Waals surface area contributed by atoms with Crippen LogP contribution in [0, 0.1) is 6.92 Å². The van der Waals surface area contributed by atoms with Crippen LogP contribution >= 0.6 is 12.4 Å². The van der Waals surface area contributed by atoms with Crippen LogP contribution in [0.2, 0.25) is 0 Å². The van der Waals surface area contributed by atoms with Gasteiger partial charge in [0.25, 0.3) is 5.91 Å². The molecule has 27 heavy (non-hydrogen) atoms. The van der Waals surface area contributed by atoms with Crippen LogP contribution in [0.25, 0.3) is 0 Å². The molecule has 0 bridgehead atoms. The predicted octanol–water partition coefficient (Wildman–Crippen LogP) is 1.48. The average molecular weight is 390 g/mol. The zero-order valence-corrected chi connectivity index (χ0v) is 15.5. The molecule has 9 nitrogen and oxygen atoms in total. The van der Waals surface area contributed by atoms with Crippen LogP contribution in [-0.4, -0.2) is 37.6 Å². The van der Waals surface area contributed by atoms with E-state index in [1.807, 2.05) is 13.0 Å². The van der Waals surface area contributed by atoms with Crippen molar-refractivity contribution in [3.05, 3.63) is 59.5 Å². The lowest BCUT2D eigenvalue weighted by Crippen LogP contribution is -2.27. The maximum absolute atomic E-state index is 12.3. The predicted molar refractivity (Wildman–Crippen MR) is 101 cm³/mol. The molecular weight excluding hydrogens is 370 g/mol. The fourth-order valence-corrected chi connectivity index (χ4v) is 2.37. The number of aryl methyl sites for hydroxylation is 1. The lowest BCUT2D eigenvalue weighted by molar-refractivity contribution is 0.0951. The lowest BCUT2D eigenvalue weighted by atomic mass is 10.2. The van der Waals surface area contributed by atoms with Gasteiger partial charge in [-0.15, -0.1) is 17.5 Å². The van der Waals surface area contributed by atoms with Gasteiger partial charge in [-0.05, 0) is 47.2 Å². The molecule has 0 aliphatic rings. The van der Waals surface area contributed by atoms with Crippen molar-refractivity contribution in [1.82, 2.24) is 30.5 Å². The minimum atomic E-state index is -0.205. The molecule has 1 amide bonds. The van der Waals surface area contributed by atoms with Gasteiger partial charge < -0.3 is 15.8 Å². The highest BCUT2D eigenvalue weighted by molar-refractivity contribution is 5.94. The maximum atomic E-state index is 12.3. The van der Waals surface area contributed by atoms with E-state index in [9.17, 15) is 4.79 Å². The Morgan fingerprint density at radius 1 is 1.30 bits per heavy atom. The highest BCUT2D eigenvalue weighted by atomic mass is 35.5. The molecule has 0 aliphatic carbocycles. The first-order valence-electron chi connectivity index (χ1n) is 8.08. The summed E-state index contributed by atoms with van der Waals surface area (Å²) in [7, 11) is 0. The molecule has 0 atom stereocenters. The molecule has 0 saturated heterocycles. The number of nitrogens with two attached hydrogens (primary N) is 1. The van der Waals surface area contributed by atoms with Gasteiger partial charge >= 0.3 is 0 Å². The Morgan fingerprint density at radius 3 is 2.89 bits per heavy atom. The Labute approximate surface area is 162 Å². The van der Waals surface area contributed by atoms with Crippen LogP contribution in [-0.2, 0) is 13.1 Å². The summed E-state index contributed by atoms with van der Waals surface area (Å²) in [5, 5.41) is 13.6. The monoisotopic (exact) mass is 389 g/mol. The van der Waals surface area contributed by atoms with Gasteiger partial charge in [0.05, 0.1) is 6.54 Å². The third-order valence-corrected chi connectivity index (χ3v) is 3.56. The molecule has 10 heteroatoms. The molecule has 2 aromatic heterocycles. The van der Waals surface area contributed by atoms with Crippen molar-refractivity contribution < 1.29 is 9.53 Å². The van der Waals surface area contributed by atoms with Gasteiger partial charge in [0, 0.05) is 30.4 Å². The third-order valence-electron chi connectivity index (χ3n) is 3.56. The first kappa shape index (κ1) is 20.3. The number of tetrazole rings is 1. The van der Waals surface area contributed by atoms with E-state index in [0.717, 1.165) is 11.3 Å². The van der Waals surface area contributed by atoms with Crippen molar-refractivity contribution >= 4 is 18.3 Å². The minimum Gasteiger partial charge on any atom is -0.439 e. The second-order valence-electron chi connectivity index (χ2n) is 5.62. The first-order valence-corrected chi connectivity index (χ1v) is 8.08. The van der Waals surface area contributed by atoms with Crippen LogP contribution in [0.3, 0.4) is 0 Å². The van der Waals surface area contributed by atoms with Crippen molar-refractivity contribution in [2.45, 2.75) is 20.0 Å². The van der Waals surface area contributed by atoms with Gasteiger partial charge in [-0.3, -0.25) is 4.79 Å². The molecule has 0 spiro atoms. The molecule has 3 rings (SSSR count). The van der Waals surface area contributed by atoms with E-state index in [2.05, 4.69) is 25.8 Å². The molecule has 2 heterocycles. The number of carbonyl (C=O) groups is 1. The summed E-state index contributed by atoms with van der Waals surface area (Å²) >= 11 is 0. The number of rotatable bonds is 7. The Bertz CT molecular complexity index is 887. The number of hydrogen-bond acceptors (Lipinski definition) is 7. The van der Waals surface area contributed by atoms with Crippen LogP contribution < -0.4 is 15.8 Å². The Hall–Kier alpha value is -3.04. The highest BCUT2D eigenvalue weighted by Crippen LogP contribution is 2.22. The zero-order valence-electron chi connectivity index (χ0n) is 14.7. The molecule has 0 aliphatic heterocycles. The van der Waals surface area contributed by atoms with Crippen molar-refractivity contribution in [1.29, 1.82) is 0 Å². The number of benzene rings is 1. The molecule has 3 aromatic rings. The van der Waals surface area contributed by atoms with Crippen molar-refractivity contribution in [3.8, 4) is 11.6 Å². The maximum Gasteiger partial charge on any atom is 0.251 e. The average Bonchev–Trinajstić information content (AvgIpc) is 3.14. The largest absolute Gasteiger partial charge is 0.439 e. The molecule has 1 aromatic carbocycles. The summed E-state index contributed by atoms with van der Waals surface area (Å²) in [6.07, 6.45) is 1.49. The van der Waals surface area contributed by atoms with E-state index in [-0.39, 0.29) is 18.3 Å². The fourth-order valence-electron chi connectivity index (χ4n) is 2.37. The normalized spacial score (nSPS) is 10.1. The Balaban J connectivity index is 0.00000261. The van der Waals surface area contributed by atoms with Gasteiger partial charge in [0.15, 0.2) is 0 Å². The van der Waals surface area contributed by atoms with Crippen LogP contribution in [0.15, 0.2) is 42.7 Å². The molecule has 0 saturated carbocycles. The summed E-state index contributed by atoms with van der Waals surface area (Å²) in [5.74, 6) is 0.768. The smallest absolute Gasteiger partial charge is 0.251 e. The third kappa shape index (κ3) is 5.73. The number of nitrogens with one attached hydrogen (secondary N) is 1. The minimum absolute atomic E-state index is 0. The second-order valence-corrected chi connectivity index (χ2v) is 5.62. The summed E-state index contributed by atoms with van der Waals surface area (Å²) in [4.78, 5) is 16.6. The fraction of sp³-hybridized carbons (Fsp3) is 0.235. The number of carbonyl (C=O) groups excluding carboxylic acids is 1. The van der Waals surface area contributed by atoms with Gasteiger partial charge in [-0.2, -0.15) is 0 Å². The van der Waals surface area contributed by atoms with Crippen molar-refractivity contribution in [2.24, 2.45) is 5.73 Å². The summed E-state index contributed by atoms with van der Waals surface area (Å²) in [6, 6.07) is 10.6. The quantitative estimate of drug-likeness (QED) is 0.627. The number of aromatic nitrogens is 5. The molecule has 3 N–H and O–H groups in total. The van der Waals surface area contributed by atoms with E-state index in [1.165, 1.54) is 11.0 Å². The molecule has 0 unspecified atom stereocenters.